The summed E-state index contributed by atoms with van der Waals surface area (Å²) in [6, 6.07) is 1.96. The van der Waals surface area contributed by atoms with Crippen LogP contribution < -0.4 is 11.1 Å². The Bertz CT molecular complexity index is 433. The van der Waals surface area contributed by atoms with Crippen LogP contribution in [0.5, 0.6) is 0 Å². The highest BCUT2D eigenvalue weighted by Gasteiger charge is 2.02. The fraction of sp³-hybridized carbons (Fsp3) is 0.333. The highest BCUT2D eigenvalue weighted by molar-refractivity contribution is 5.30. The number of aromatic amines is 1. The van der Waals surface area contributed by atoms with E-state index in [1.807, 2.05) is 13.0 Å². The number of hydrogen-bond acceptors (Lipinski definition) is 5. The zero-order valence-electron chi connectivity index (χ0n) is 8.45. The van der Waals surface area contributed by atoms with Crippen LogP contribution in [0.1, 0.15) is 11.3 Å². The molecule has 0 spiro atoms. The van der Waals surface area contributed by atoms with Crippen LogP contribution in [0, 0.1) is 6.92 Å². The van der Waals surface area contributed by atoms with Crippen molar-refractivity contribution in [2.24, 2.45) is 0 Å². The van der Waals surface area contributed by atoms with E-state index < -0.39 is 0 Å². The number of rotatable bonds is 4. The number of nitrogen functional groups attached to an aromatic ring is 1. The number of nitrogens with one attached hydrogen (secondary N) is 2. The lowest BCUT2D eigenvalue weighted by molar-refractivity contribution is 0.530. The number of furan rings is 1. The van der Waals surface area contributed by atoms with Crippen LogP contribution in [0.2, 0.25) is 0 Å². The molecule has 2 heterocycles. The summed E-state index contributed by atoms with van der Waals surface area (Å²) in [6.45, 7) is 2.69. The lowest BCUT2D eigenvalue weighted by Gasteiger charge is -2.00. The summed E-state index contributed by atoms with van der Waals surface area (Å²) in [5.41, 5.74) is 6.57. The van der Waals surface area contributed by atoms with Crippen molar-refractivity contribution in [2.75, 3.05) is 17.6 Å². The van der Waals surface area contributed by atoms with E-state index in [0.717, 1.165) is 18.7 Å². The molecule has 6 heteroatoms. The van der Waals surface area contributed by atoms with Gasteiger partial charge < -0.3 is 15.5 Å². The quantitative estimate of drug-likeness (QED) is 0.693. The lowest BCUT2D eigenvalue weighted by atomic mass is 10.2. The molecule has 0 aliphatic carbocycles. The van der Waals surface area contributed by atoms with Gasteiger partial charge >= 0.3 is 0 Å². The molecule has 0 aromatic carbocycles. The van der Waals surface area contributed by atoms with E-state index in [9.17, 15) is 0 Å². The topological polar surface area (TPSA) is 92.8 Å². The zero-order valence-corrected chi connectivity index (χ0v) is 8.45. The van der Waals surface area contributed by atoms with Crippen LogP contribution in [0.15, 0.2) is 16.7 Å². The van der Waals surface area contributed by atoms with Gasteiger partial charge in [0.1, 0.15) is 5.76 Å². The fourth-order valence-corrected chi connectivity index (χ4v) is 1.33. The Balaban J connectivity index is 1.83. The van der Waals surface area contributed by atoms with Crippen LogP contribution in [0.4, 0.5) is 11.9 Å². The molecule has 0 aliphatic heterocycles. The normalized spacial score (nSPS) is 10.5. The number of aryl methyl sites for hydroxylation is 1. The van der Waals surface area contributed by atoms with Gasteiger partial charge in [0.2, 0.25) is 11.9 Å². The van der Waals surface area contributed by atoms with Gasteiger partial charge in [-0.25, -0.2) is 5.10 Å². The summed E-state index contributed by atoms with van der Waals surface area (Å²) < 4.78 is 5.19. The maximum absolute atomic E-state index is 5.38. The van der Waals surface area contributed by atoms with Gasteiger partial charge in [0.25, 0.3) is 0 Å². The summed E-state index contributed by atoms with van der Waals surface area (Å²) in [6.07, 6.45) is 2.56. The fourth-order valence-electron chi connectivity index (χ4n) is 1.33. The molecule has 0 saturated heterocycles. The molecule has 2 aromatic heterocycles. The second-order valence-corrected chi connectivity index (χ2v) is 3.22. The SMILES string of the molecule is Cc1occc1CCNc1n[nH]c(N)n1. The van der Waals surface area contributed by atoms with Gasteiger partial charge in [-0.05, 0) is 25.0 Å². The number of hydrogen-bond donors (Lipinski definition) is 3. The molecule has 2 rings (SSSR count). The summed E-state index contributed by atoms with van der Waals surface area (Å²) in [4.78, 5) is 3.93. The smallest absolute Gasteiger partial charge is 0.243 e. The molecule has 0 fully saturated rings. The van der Waals surface area contributed by atoms with Crippen molar-refractivity contribution in [1.82, 2.24) is 15.2 Å². The van der Waals surface area contributed by atoms with Crippen LogP contribution in [-0.2, 0) is 6.42 Å². The molecule has 6 nitrogen and oxygen atoms in total. The van der Waals surface area contributed by atoms with Crippen LogP contribution >= 0.6 is 0 Å². The average Bonchev–Trinajstić information content (AvgIpc) is 2.77. The molecule has 4 N–H and O–H groups in total. The third kappa shape index (κ3) is 2.28. The Morgan fingerprint density at radius 2 is 2.47 bits per heavy atom. The molecule has 0 bridgehead atoms. The van der Waals surface area contributed by atoms with Crippen molar-refractivity contribution in [3.8, 4) is 0 Å². The van der Waals surface area contributed by atoms with Crippen molar-refractivity contribution in [3.63, 3.8) is 0 Å². The van der Waals surface area contributed by atoms with Gasteiger partial charge in [-0.3, -0.25) is 0 Å². The first-order chi connectivity index (χ1) is 7.25. The minimum atomic E-state index is 0.317. The lowest BCUT2D eigenvalue weighted by Crippen LogP contribution is -2.06. The Morgan fingerprint density at radius 1 is 1.60 bits per heavy atom. The summed E-state index contributed by atoms with van der Waals surface area (Å²) >= 11 is 0. The van der Waals surface area contributed by atoms with Gasteiger partial charge in [0, 0.05) is 6.54 Å². The van der Waals surface area contributed by atoms with Gasteiger partial charge in [-0.1, -0.05) is 0 Å². The molecular weight excluding hydrogens is 194 g/mol. The third-order valence-corrected chi connectivity index (χ3v) is 2.15. The van der Waals surface area contributed by atoms with Crippen molar-refractivity contribution in [3.05, 3.63) is 23.7 Å². The van der Waals surface area contributed by atoms with Gasteiger partial charge in [-0.2, -0.15) is 4.98 Å². The molecule has 0 atom stereocenters. The Kier molecular flexibility index (Phi) is 2.57. The number of anilines is 2. The van der Waals surface area contributed by atoms with Gasteiger partial charge in [0.15, 0.2) is 0 Å². The van der Waals surface area contributed by atoms with E-state index in [2.05, 4.69) is 20.5 Å². The van der Waals surface area contributed by atoms with Crippen molar-refractivity contribution in [1.29, 1.82) is 0 Å². The number of aromatic nitrogens is 3. The standard InChI is InChI=1S/C9H13N5O/c1-6-7(3-5-15-6)2-4-11-9-12-8(10)13-14-9/h3,5H,2,4H2,1H3,(H4,10,11,12,13,14). The largest absolute Gasteiger partial charge is 0.469 e. The highest BCUT2D eigenvalue weighted by Crippen LogP contribution is 2.09. The maximum Gasteiger partial charge on any atom is 0.243 e. The maximum atomic E-state index is 5.38. The van der Waals surface area contributed by atoms with Crippen molar-refractivity contribution in [2.45, 2.75) is 13.3 Å². The molecule has 2 aromatic rings. The summed E-state index contributed by atoms with van der Waals surface area (Å²) in [5, 5.41) is 9.48. The number of nitrogens with zero attached hydrogens (tertiary/aromatic N) is 2. The highest BCUT2D eigenvalue weighted by atomic mass is 16.3. The molecule has 0 amide bonds. The van der Waals surface area contributed by atoms with Crippen LogP contribution in [-0.4, -0.2) is 21.7 Å². The first-order valence-corrected chi connectivity index (χ1v) is 4.70. The summed E-state index contributed by atoms with van der Waals surface area (Å²) in [7, 11) is 0. The predicted molar refractivity (Wildman–Crippen MR) is 56.4 cm³/mol. The minimum absolute atomic E-state index is 0.317. The Morgan fingerprint density at radius 3 is 3.07 bits per heavy atom. The predicted octanol–water partition coefficient (Wildman–Crippen LogP) is 0.943. The number of H-pyrrole nitrogens is 1. The third-order valence-electron chi connectivity index (χ3n) is 2.15. The van der Waals surface area contributed by atoms with E-state index >= 15 is 0 Å². The first-order valence-electron chi connectivity index (χ1n) is 4.70. The van der Waals surface area contributed by atoms with Crippen molar-refractivity contribution < 1.29 is 4.42 Å². The van der Waals surface area contributed by atoms with E-state index in [1.165, 1.54) is 5.56 Å². The molecule has 0 saturated carbocycles. The van der Waals surface area contributed by atoms with Crippen molar-refractivity contribution >= 4 is 11.9 Å². The average molecular weight is 207 g/mol. The number of nitrogens with two attached hydrogens (primary N) is 1. The van der Waals surface area contributed by atoms with E-state index in [-0.39, 0.29) is 0 Å². The Labute approximate surface area is 86.9 Å². The van der Waals surface area contributed by atoms with E-state index in [0.29, 0.717) is 11.9 Å². The second kappa shape index (κ2) is 4.04. The van der Waals surface area contributed by atoms with Gasteiger partial charge in [0.05, 0.1) is 6.26 Å². The van der Waals surface area contributed by atoms with Crippen LogP contribution in [0.25, 0.3) is 0 Å². The molecule has 0 aliphatic rings. The monoisotopic (exact) mass is 207 g/mol. The van der Waals surface area contributed by atoms with E-state index in [1.54, 1.807) is 6.26 Å². The summed E-state index contributed by atoms with van der Waals surface area (Å²) in [5.74, 6) is 1.79. The zero-order chi connectivity index (χ0) is 10.7. The molecule has 0 unspecified atom stereocenters. The van der Waals surface area contributed by atoms with E-state index in [4.69, 9.17) is 10.2 Å². The molecule has 0 radical (unpaired) electrons. The first kappa shape index (κ1) is 9.57. The minimum Gasteiger partial charge on any atom is -0.469 e. The molecule has 80 valence electrons. The van der Waals surface area contributed by atoms with Crippen LogP contribution in [0.3, 0.4) is 0 Å². The second-order valence-electron chi connectivity index (χ2n) is 3.22. The molecular formula is C9H13N5O. The molecule has 15 heavy (non-hydrogen) atoms. The van der Waals surface area contributed by atoms with Gasteiger partial charge in [-0.15, -0.1) is 5.10 Å². The Hall–Kier alpha value is -1.98.